The van der Waals surface area contributed by atoms with Gasteiger partial charge in [0.2, 0.25) is 0 Å². The van der Waals surface area contributed by atoms with E-state index in [1.807, 2.05) is 0 Å². The molecule has 4 nitrogen and oxygen atoms in total. The van der Waals surface area contributed by atoms with E-state index in [2.05, 4.69) is 6.58 Å². The molecule has 0 saturated carbocycles. The van der Waals surface area contributed by atoms with Crippen LogP contribution in [0.3, 0.4) is 0 Å². The van der Waals surface area contributed by atoms with E-state index in [4.69, 9.17) is 14.6 Å². The Kier molecular flexibility index (Phi) is 8.17. The minimum atomic E-state index is -0.361. The van der Waals surface area contributed by atoms with Gasteiger partial charge in [-0.2, -0.15) is 0 Å². The van der Waals surface area contributed by atoms with Crippen LogP contribution in [-0.4, -0.2) is 37.5 Å². The van der Waals surface area contributed by atoms with E-state index in [9.17, 15) is 4.79 Å². The van der Waals surface area contributed by atoms with Crippen molar-refractivity contribution in [2.75, 3.05) is 26.4 Å². The largest absolute Gasteiger partial charge is 0.462 e. The fraction of sp³-hybridized carbons (Fsp3) is 0.700. The smallest absolute Gasteiger partial charge is 0.333 e. The third kappa shape index (κ3) is 7.76. The van der Waals surface area contributed by atoms with Gasteiger partial charge in [0, 0.05) is 31.8 Å². The Bertz CT molecular complexity index is 177. The van der Waals surface area contributed by atoms with Crippen LogP contribution in [0.4, 0.5) is 0 Å². The van der Waals surface area contributed by atoms with Crippen LogP contribution >= 0.6 is 0 Å². The summed E-state index contributed by atoms with van der Waals surface area (Å²) in [6.45, 7) is 6.66. The van der Waals surface area contributed by atoms with Gasteiger partial charge in [-0.3, -0.25) is 0 Å². The SMILES string of the molecule is C=C(C)C(=O)OCCCOCCCO. The molecule has 0 unspecified atom stereocenters. The third-order valence-corrected chi connectivity index (χ3v) is 1.46. The second kappa shape index (κ2) is 8.72. The molecule has 0 aliphatic rings. The zero-order valence-electron chi connectivity index (χ0n) is 8.62. The quantitative estimate of drug-likeness (QED) is 0.361. The van der Waals surface area contributed by atoms with E-state index < -0.39 is 0 Å². The standard InChI is InChI=1S/C10H18O4/c1-9(2)10(12)14-8-4-7-13-6-3-5-11/h11H,1,3-8H2,2H3. The number of aliphatic hydroxyl groups is 1. The van der Waals surface area contributed by atoms with Crippen molar-refractivity contribution in [2.24, 2.45) is 0 Å². The van der Waals surface area contributed by atoms with Crippen LogP contribution < -0.4 is 0 Å². The van der Waals surface area contributed by atoms with Crippen LogP contribution in [0.15, 0.2) is 12.2 Å². The second-order valence-corrected chi connectivity index (χ2v) is 2.96. The Morgan fingerprint density at radius 2 is 1.93 bits per heavy atom. The molecular weight excluding hydrogens is 184 g/mol. The number of aliphatic hydroxyl groups excluding tert-OH is 1. The highest BCUT2D eigenvalue weighted by Crippen LogP contribution is 1.94. The summed E-state index contributed by atoms with van der Waals surface area (Å²) in [5, 5.41) is 8.44. The molecule has 1 N–H and O–H groups in total. The third-order valence-electron chi connectivity index (χ3n) is 1.46. The fourth-order valence-electron chi connectivity index (χ4n) is 0.718. The minimum Gasteiger partial charge on any atom is -0.462 e. The maximum Gasteiger partial charge on any atom is 0.333 e. The lowest BCUT2D eigenvalue weighted by molar-refractivity contribution is -0.139. The lowest BCUT2D eigenvalue weighted by atomic mass is 10.4. The molecule has 0 aliphatic heterocycles. The molecular formula is C10H18O4. The van der Waals surface area contributed by atoms with Crippen molar-refractivity contribution in [3.8, 4) is 0 Å². The van der Waals surface area contributed by atoms with E-state index in [1.54, 1.807) is 6.92 Å². The van der Waals surface area contributed by atoms with Gasteiger partial charge in [-0.05, 0) is 13.3 Å². The summed E-state index contributed by atoms with van der Waals surface area (Å²) in [4.78, 5) is 10.9. The number of hydrogen-bond donors (Lipinski definition) is 1. The van der Waals surface area contributed by atoms with Gasteiger partial charge in [0.05, 0.1) is 6.61 Å². The second-order valence-electron chi connectivity index (χ2n) is 2.96. The van der Waals surface area contributed by atoms with E-state index in [0.29, 0.717) is 38.2 Å². The summed E-state index contributed by atoms with van der Waals surface area (Å²) in [5.74, 6) is -0.361. The number of hydrogen-bond acceptors (Lipinski definition) is 4. The molecule has 0 spiro atoms. The first kappa shape index (κ1) is 13.1. The summed E-state index contributed by atoms with van der Waals surface area (Å²) in [7, 11) is 0. The van der Waals surface area contributed by atoms with Crippen molar-refractivity contribution in [2.45, 2.75) is 19.8 Å². The van der Waals surface area contributed by atoms with E-state index in [-0.39, 0.29) is 12.6 Å². The predicted molar refractivity (Wildman–Crippen MR) is 52.9 cm³/mol. The molecule has 0 atom stereocenters. The molecule has 0 heterocycles. The molecule has 0 aromatic heterocycles. The van der Waals surface area contributed by atoms with Gasteiger partial charge in [0.15, 0.2) is 0 Å². The van der Waals surface area contributed by atoms with E-state index >= 15 is 0 Å². The molecule has 14 heavy (non-hydrogen) atoms. The molecule has 0 bridgehead atoms. The maximum atomic E-state index is 10.9. The first-order chi connectivity index (χ1) is 6.68. The number of carbonyl (C=O) groups excluding carboxylic acids is 1. The van der Waals surface area contributed by atoms with Gasteiger partial charge in [0.1, 0.15) is 0 Å². The molecule has 0 aromatic rings. The van der Waals surface area contributed by atoms with Crippen molar-refractivity contribution in [3.05, 3.63) is 12.2 Å². The summed E-state index contributed by atoms with van der Waals surface area (Å²) >= 11 is 0. The predicted octanol–water partition coefficient (Wildman–Crippen LogP) is 0.895. The highest BCUT2D eigenvalue weighted by molar-refractivity contribution is 5.86. The summed E-state index contributed by atoms with van der Waals surface area (Å²) < 4.78 is 9.98. The summed E-state index contributed by atoms with van der Waals surface area (Å²) in [5.41, 5.74) is 0.409. The van der Waals surface area contributed by atoms with Crippen LogP contribution in [0.25, 0.3) is 0 Å². The molecule has 0 aromatic carbocycles. The topological polar surface area (TPSA) is 55.8 Å². The van der Waals surface area contributed by atoms with Gasteiger partial charge >= 0.3 is 5.97 Å². The zero-order chi connectivity index (χ0) is 10.8. The van der Waals surface area contributed by atoms with Gasteiger partial charge < -0.3 is 14.6 Å². The van der Waals surface area contributed by atoms with Crippen molar-refractivity contribution in [1.82, 2.24) is 0 Å². The maximum absolute atomic E-state index is 10.9. The molecule has 0 fully saturated rings. The van der Waals surface area contributed by atoms with Crippen molar-refractivity contribution >= 4 is 5.97 Å². The zero-order valence-corrected chi connectivity index (χ0v) is 8.62. The van der Waals surface area contributed by atoms with Crippen molar-refractivity contribution in [1.29, 1.82) is 0 Å². The van der Waals surface area contributed by atoms with Crippen LogP contribution in [0, 0.1) is 0 Å². The number of esters is 1. The van der Waals surface area contributed by atoms with Gasteiger partial charge in [-0.15, -0.1) is 0 Å². The monoisotopic (exact) mass is 202 g/mol. The summed E-state index contributed by atoms with van der Waals surface area (Å²) in [6.07, 6.45) is 1.32. The number of ether oxygens (including phenoxy) is 2. The van der Waals surface area contributed by atoms with E-state index in [0.717, 1.165) is 0 Å². The van der Waals surface area contributed by atoms with Gasteiger partial charge in [-0.25, -0.2) is 4.79 Å². The Morgan fingerprint density at radius 1 is 1.29 bits per heavy atom. The van der Waals surface area contributed by atoms with Crippen LogP contribution in [0.2, 0.25) is 0 Å². The average molecular weight is 202 g/mol. The molecule has 82 valence electrons. The molecule has 0 amide bonds. The Morgan fingerprint density at radius 3 is 2.50 bits per heavy atom. The first-order valence-electron chi connectivity index (χ1n) is 4.69. The molecule has 0 aliphatic carbocycles. The lowest BCUT2D eigenvalue weighted by Gasteiger charge is -2.04. The Hall–Kier alpha value is -0.870. The number of rotatable bonds is 8. The number of carbonyl (C=O) groups is 1. The first-order valence-corrected chi connectivity index (χ1v) is 4.69. The normalized spacial score (nSPS) is 9.86. The van der Waals surface area contributed by atoms with Crippen LogP contribution in [0.1, 0.15) is 19.8 Å². The van der Waals surface area contributed by atoms with Gasteiger partial charge in [0.25, 0.3) is 0 Å². The highest BCUT2D eigenvalue weighted by atomic mass is 16.5. The minimum absolute atomic E-state index is 0.143. The van der Waals surface area contributed by atoms with Crippen LogP contribution in [-0.2, 0) is 14.3 Å². The lowest BCUT2D eigenvalue weighted by Crippen LogP contribution is -2.08. The van der Waals surface area contributed by atoms with Gasteiger partial charge in [-0.1, -0.05) is 6.58 Å². The molecule has 0 saturated heterocycles. The highest BCUT2D eigenvalue weighted by Gasteiger charge is 2.01. The molecule has 4 heteroatoms. The molecule has 0 rings (SSSR count). The van der Waals surface area contributed by atoms with Crippen molar-refractivity contribution < 1.29 is 19.4 Å². The average Bonchev–Trinajstić information content (AvgIpc) is 2.16. The van der Waals surface area contributed by atoms with E-state index in [1.165, 1.54) is 0 Å². The summed E-state index contributed by atoms with van der Waals surface area (Å²) in [6, 6.07) is 0. The van der Waals surface area contributed by atoms with Crippen LogP contribution in [0.5, 0.6) is 0 Å². The molecule has 0 radical (unpaired) electrons. The van der Waals surface area contributed by atoms with Crippen molar-refractivity contribution in [3.63, 3.8) is 0 Å². The Balaban J connectivity index is 3.13. The fourth-order valence-corrected chi connectivity index (χ4v) is 0.718. The Labute approximate surface area is 84.5 Å².